The van der Waals surface area contributed by atoms with E-state index < -0.39 is 0 Å². The van der Waals surface area contributed by atoms with Crippen LogP contribution in [0.15, 0.2) is 54.4 Å². The molecule has 2 N–H and O–H groups in total. The highest BCUT2D eigenvalue weighted by molar-refractivity contribution is 6.30. The molecule has 8 heteroatoms. The maximum Gasteiger partial charge on any atom is 0.239 e. The molecule has 5 rings (SSSR count). The second-order valence-corrected chi connectivity index (χ2v) is 7.60. The molecule has 1 amide bonds. The second-order valence-electron chi connectivity index (χ2n) is 7.17. The van der Waals surface area contributed by atoms with Gasteiger partial charge in [0.05, 0.1) is 24.0 Å². The van der Waals surface area contributed by atoms with Crippen LogP contribution in [-0.2, 0) is 4.79 Å². The smallest absolute Gasteiger partial charge is 0.239 e. The molecule has 2 fully saturated rings. The van der Waals surface area contributed by atoms with Gasteiger partial charge in [-0.2, -0.15) is 0 Å². The number of carbonyl (C=O) groups excluding carboxylic acids is 1. The van der Waals surface area contributed by atoms with Gasteiger partial charge in [-0.15, -0.1) is 5.10 Å². The summed E-state index contributed by atoms with van der Waals surface area (Å²) in [5, 5.41) is 11.4. The number of imidazole rings is 1. The first-order valence-electron chi connectivity index (χ1n) is 9.33. The highest BCUT2D eigenvalue weighted by Crippen LogP contribution is 2.31. The van der Waals surface area contributed by atoms with Crippen LogP contribution in [0.2, 0.25) is 5.02 Å². The van der Waals surface area contributed by atoms with Gasteiger partial charge in [-0.3, -0.25) is 4.79 Å². The molecule has 2 aromatic heterocycles. The summed E-state index contributed by atoms with van der Waals surface area (Å²) in [5.41, 5.74) is 3.71. The van der Waals surface area contributed by atoms with E-state index in [0.717, 1.165) is 29.8 Å². The minimum absolute atomic E-state index is 0.0657. The minimum Gasteiger partial charge on any atom is -0.437 e. The number of nitrogens with zero attached hydrogens (tertiary/aromatic N) is 3. The largest absolute Gasteiger partial charge is 0.437 e. The number of carbonyl (C=O) groups is 1. The van der Waals surface area contributed by atoms with Crippen molar-refractivity contribution in [3.8, 4) is 11.6 Å². The Balaban J connectivity index is 1.57. The van der Waals surface area contributed by atoms with Crippen molar-refractivity contribution < 1.29 is 9.53 Å². The number of hydrogen-bond donors (Lipinski definition) is 2. The third-order valence-electron chi connectivity index (χ3n) is 4.78. The zero-order valence-corrected chi connectivity index (χ0v) is 16.2. The number of nitrogens with one attached hydrogen (secondary N) is 2. The fourth-order valence-corrected chi connectivity index (χ4v) is 3.39. The molecule has 3 aromatic rings. The first-order chi connectivity index (χ1) is 14.0. The standard InChI is InChI=1S/C21H18ClN5O2/c1-12-13(8-19(28)24-12)7-16-11-23-21-18(25-15-5-6-15)10-20(26-27(16)21)29-17-4-2-3-14(22)9-17/h2-4,7,9-11,15,25H,1,5-6,8H2,(H,24,28). The van der Waals surface area contributed by atoms with E-state index in [2.05, 4.69) is 27.3 Å². The van der Waals surface area contributed by atoms with Crippen LogP contribution in [0.3, 0.4) is 0 Å². The average molecular weight is 408 g/mol. The number of anilines is 1. The molecule has 0 unspecified atom stereocenters. The first kappa shape index (κ1) is 17.8. The van der Waals surface area contributed by atoms with Gasteiger partial charge >= 0.3 is 0 Å². The SMILES string of the molecule is C=C1NC(=O)CC1=Cc1cnc2c(NC3CC3)cc(Oc3cccc(Cl)c3)nn12. The molecule has 1 aliphatic heterocycles. The van der Waals surface area contributed by atoms with E-state index in [-0.39, 0.29) is 12.3 Å². The molecule has 1 saturated carbocycles. The van der Waals surface area contributed by atoms with Gasteiger partial charge in [0, 0.05) is 22.8 Å². The minimum atomic E-state index is -0.0657. The Kier molecular flexibility index (Phi) is 4.24. The van der Waals surface area contributed by atoms with Crippen LogP contribution in [0.4, 0.5) is 5.69 Å². The van der Waals surface area contributed by atoms with Crippen LogP contribution < -0.4 is 15.4 Å². The third-order valence-corrected chi connectivity index (χ3v) is 5.01. The Labute approximate surface area is 172 Å². The maximum atomic E-state index is 11.6. The molecule has 146 valence electrons. The molecule has 1 saturated heterocycles. The predicted molar refractivity (Wildman–Crippen MR) is 111 cm³/mol. The molecule has 1 aromatic carbocycles. The summed E-state index contributed by atoms with van der Waals surface area (Å²) in [6, 6.07) is 9.45. The predicted octanol–water partition coefficient (Wildman–Crippen LogP) is 4.17. The quantitative estimate of drug-likeness (QED) is 0.663. The Morgan fingerprint density at radius 1 is 1.34 bits per heavy atom. The summed E-state index contributed by atoms with van der Waals surface area (Å²) in [7, 11) is 0. The molecule has 0 atom stereocenters. The normalized spacial score (nSPS) is 17.8. The van der Waals surface area contributed by atoms with Crippen molar-refractivity contribution >= 4 is 34.9 Å². The number of rotatable bonds is 5. The van der Waals surface area contributed by atoms with Crippen molar-refractivity contribution in [2.75, 3.05) is 5.32 Å². The van der Waals surface area contributed by atoms with Crippen LogP contribution in [-0.4, -0.2) is 26.5 Å². The fraction of sp³-hybridized carbons (Fsp3) is 0.190. The molecule has 29 heavy (non-hydrogen) atoms. The fourth-order valence-electron chi connectivity index (χ4n) is 3.21. The molecule has 0 bridgehead atoms. The molecule has 3 heterocycles. The Morgan fingerprint density at radius 3 is 2.93 bits per heavy atom. The van der Waals surface area contributed by atoms with E-state index in [4.69, 9.17) is 16.3 Å². The lowest BCUT2D eigenvalue weighted by molar-refractivity contribution is -0.118. The molecular weight excluding hydrogens is 390 g/mol. The molecule has 0 spiro atoms. The van der Waals surface area contributed by atoms with E-state index in [0.29, 0.717) is 34.0 Å². The molecular formula is C21H18ClN5O2. The summed E-state index contributed by atoms with van der Waals surface area (Å²) >= 11 is 6.07. The van der Waals surface area contributed by atoms with Crippen molar-refractivity contribution in [1.82, 2.24) is 19.9 Å². The van der Waals surface area contributed by atoms with Crippen molar-refractivity contribution in [1.29, 1.82) is 0 Å². The Morgan fingerprint density at radius 2 is 2.21 bits per heavy atom. The number of aromatic nitrogens is 3. The maximum absolute atomic E-state index is 11.6. The highest BCUT2D eigenvalue weighted by Gasteiger charge is 2.24. The summed E-state index contributed by atoms with van der Waals surface area (Å²) in [6.07, 6.45) is 6.15. The first-order valence-corrected chi connectivity index (χ1v) is 9.71. The summed E-state index contributed by atoms with van der Waals surface area (Å²) < 4.78 is 7.67. The average Bonchev–Trinajstić information content (AvgIpc) is 3.31. The summed E-state index contributed by atoms with van der Waals surface area (Å²) in [6.45, 7) is 3.89. The van der Waals surface area contributed by atoms with Crippen LogP contribution in [0, 0.1) is 0 Å². The van der Waals surface area contributed by atoms with E-state index in [1.54, 1.807) is 22.8 Å². The van der Waals surface area contributed by atoms with Gasteiger partial charge in [-0.25, -0.2) is 9.50 Å². The zero-order chi connectivity index (χ0) is 20.0. The Bertz CT molecular complexity index is 1180. The van der Waals surface area contributed by atoms with E-state index in [9.17, 15) is 4.79 Å². The van der Waals surface area contributed by atoms with Crippen molar-refractivity contribution in [3.63, 3.8) is 0 Å². The number of hydrogen-bond acceptors (Lipinski definition) is 5. The van der Waals surface area contributed by atoms with Gasteiger partial charge in [0.1, 0.15) is 5.75 Å². The van der Waals surface area contributed by atoms with E-state index in [1.165, 1.54) is 0 Å². The lowest BCUT2D eigenvalue weighted by Crippen LogP contribution is -2.10. The summed E-state index contributed by atoms with van der Waals surface area (Å²) in [5.74, 6) is 0.949. The molecule has 0 radical (unpaired) electrons. The van der Waals surface area contributed by atoms with Gasteiger partial charge in [0.25, 0.3) is 0 Å². The van der Waals surface area contributed by atoms with Gasteiger partial charge in [-0.05, 0) is 42.7 Å². The van der Waals surface area contributed by atoms with E-state index >= 15 is 0 Å². The van der Waals surface area contributed by atoms with Gasteiger partial charge in [0.2, 0.25) is 11.8 Å². The second kappa shape index (κ2) is 6.93. The molecule has 7 nitrogen and oxygen atoms in total. The highest BCUT2D eigenvalue weighted by atomic mass is 35.5. The number of halogens is 1. The van der Waals surface area contributed by atoms with Crippen LogP contribution in [0.25, 0.3) is 11.7 Å². The number of allylic oxidation sites excluding steroid dienone is 1. The lowest BCUT2D eigenvalue weighted by atomic mass is 10.1. The molecule has 2 aliphatic rings. The number of ether oxygens (including phenoxy) is 1. The number of amides is 1. The van der Waals surface area contributed by atoms with Crippen molar-refractivity contribution in [2.45, 2.75) is 25.3 Å². The van der Waals surface area contributed by atoms with Crippen LogP contribution in [0.5, 0.6) is 11.6 Å². The number of benzene rings is 1. The summed E-state index contributed by atoms with van der Waals surface area (Å²) in [4.78, 5) is 16.2. The number of fused-ring (bicyclic) bond motifs is 1. The monoisotopic (exact) mass is 407 g/mol. The van der Waals surface area contributed by atoms with Crippen molar-refractivity contribution in [3.05, 3.63) is 65.1 Å². The lowest BCUT2D eigenvalue weighted by Gasteiger charge is -2.11. The van der Waals surface area contributed by atoms with Gasteiger partial charge in [0.15, 0.2) is 5.65 Å². The topological polar surface area (TPSA) is 80.5 Å². The molecule has 1 aliphatic carbocycles. The van der Waals surface area contributed by atoms with Gasteiger partial charge in [-0.1, -0.05) is 24.2 Å². The van der Waals surface area contributed by atoms with Gasteiger partial charge < -0.3 is 15.4 Å². The van der Waals surface area contributed by atoms with Crippen molar-refractivity contribution in [2.24, 2.45) is 0 Å². The van der Waals surface area contributed by atoms with Crippen LogP contribution in [0.1, 0.15) is 25.0 Å². The Hall–Kier alpha value is -3.32. The van der Waals surface area contributed by atoms with Crippen LogP contribution >= 0.6 is 11.6 Å². The van der Waals surface area contributed by atoms with E-state index in [1.807, 2.05) is 24.3 Å². The zero-order valence-electron chi connectivity index (χ0n) is 15.5. The third kappa shape index (κ3) is 3.69.